The maximum Gasteiger partial charge on any atom is 0.306 e. The van der Waals surface area contributed by atoms with Crippen molar-refractivity contribution in [2.75, 3.05) is 33.8 Å². The van der Waals surface area contributed by atoms with Gasteiger partial charge in [-0.2, -0.15) is 0 Å². The number of carbonyl (C=O) groups excluding carboxylic acids is 2. The monoisotopic (exact) mass is 212 g/mol. The van der Waals surface area contributed by atoms with E-state index in [9.17, 15) is 9.59 Å². The summed E-state index contributed by atoms with van der Waals surface area (Å²) in [6.07, 6.45) is 5.26. The molecule has 1 amide bonds. The van der Waals surface area contributed by atoms with Crippen molar-refractivity contribution in [3.63, 3.8) is 0 Å². The standard InChI is InChI=1S/C10H16N2O3/c1-4-6-11-9(13)8-12(2)7-5-10(14)15-3/h1H,5-8H2,2-3H3,(H,11,13). The van der Waals surface area contributed by atoms with Crippen molar-refractivity contribution in [1.29, 1.82) is 0 Å². The van der Waals surface area contributed by atoms with Crippen LogP contribution in [0.5, 0.6) is 0 Å². The summed E-state index contributed by atoms with van der Waals surface area (Å²) in [5.74, 6) is 1.87. The molecule has 5 nitrogen and oxygen atoms in total. The molecule has 0 spiro atoms. The summed E-state index contributed by atoms with van der Waals surface area (Å²) in [4.78, 5) is 23.7. The first-order valence-electron chi connectivity index (χ1n) is 4.55. The van der Waals surface area contributed by atoms with E-state index < -0.39 is 0 Å². The van der Waals surface area contributed by atoms with Crippen molar-refractivity contribution in [3.05, 3.63) is 0 Å². The Bertz CT molecular complexity index is 258. The number of amides is 1. The van der Waals surface area contributed by atoms with Gasteiger partial charge in [0, 0.05) is 6.54 Å². The van der Waals surface area contributed by atoms with Gasteiger partial charge in [0.1, 0.15) is 0 Å². The minimum Gasteiger partial charge on any atom is -0.469 e. The first-order valence-corrected chi connectivity index (χ1v) is 4.55. The highest BCUT2D eigenvalue weighted by Gasteiger charge is 2.07. The average molecular weight is 212 g/mol. The molecule has 0 rings (SSSR count). The van der Waals surface area contributed by atoms with Crippen LogP contribution >= 0.6 is 0 Å². The smallest absolute Gasteiger partial charge is 0.306 e. The number of nitrogens with one attached hydrogen (secondary N) is 1. The number of carbonyl (C=O) groups is 2. The first-order chi connectivity index (χ1) is 7.10. The fraction of sp³-hybridized carbons (Fsp3) is 0.600. The van der Waals surface area contributed by atoms with Crippen LogP contribution < -0.4 is 5.32 Å². The van der Waals surface area contributed by atoms with Crippen LogP contribution in [0.2, 0.25) is 0 Å². The second-order valence-electron chi connectivity index (χ2n) is 3.04. The lowest BCUT2D eigenvalue weighted by atomic mass is 10.4. The number of hydrogen-bond acceptors (Lipinski definition) is 4. The molecule has 0 bridgehead atoms. The topological polar surface area (TPSA) is 58.6 Å². The lowest BCUT2D eigenvalue weighted by Gasteiger charge is -2.14. The van der Waals surface area contributed by atoms with Gasteiger partial charge in [0.15, 0.2) is 0 Å². The van der Waals surface area contributed by atoms with Gasteiger partial charge in [0.2, 0.25) is 5.91 Å². The first kappa shape index (κ1) is 13.5. The lowest BCUT2D eigenvalue weighted by Crippen LogP contribution is -2.36. The number of esters is 1. The average Bonchev–Trinajstić information content (AvgIpc) is 2.22. The van der Waals surface area contributed by atoms with Crippen LogP contribution in [0.4, 0.5) is 0 Å². The molecular weight excluding hydrogens is 196 g/mol. The van der Waals surface area contributed by atoms with Gasteiger partial charge in [-0.3, -0.25) is 14.5 Å². The number of nitrogens with zero attached hydrogens (tertiary/aromatic N) is 1. The summed E-state index contributed by atoms with van der Waals surface area (Å²) in [6.45, 7) is 0.929. The molecule has 5 heteroatoms. The minimum atomic E-state index is -0.286. The third-order valence-electron chi connectivity index (χ3n) is 1.73. The number of rotatable bonds is 6. The Morgan fingerprint density at radius 2 is 2.20 bits per heavy atom. The van der Waals surface area contributed by atoms with Crippen LogP contribution in [0.3, 0.4) is 0 Å². The van der Waals surface area contributed by atoms with Crippen LogP contribution in [0, 0.1) is 12.3 Å². The Morgan fingerprint density at radius 3 is 2.73 bits per heavy atom. The highest BCUT2D eigenvalue weighted by molar-refractivity contribution is 5.78. The Morgan fingerprint density at radius 1 is 1.53 bits per heavy atom. The third kappa shape index (κ3) is 7.52. The number of ether oxygens (including phenoxy) is 1. The van der Waals surface area contributed by atoms with E-state index in [0.29, 0.717) is 6.54 Å². The van der Waals surface area contributed by atoms with Crippen molar-refractivity contribution in [2.24, 2.45) is 0 Å². The molecule has 0 heterocycles. The second kappa shape index (κ2) is 7.83. The largest absolute Gasteiger partial charge is 0.469 e. The molecule has 0 aromatic carbocycles. The van der Waals surface area contributed by atoms with E-state index in [-0.39, 0.29) is 31.4 Å². The van der Waals surface area contributed by atoms with Crippen LogP contribution in [-0.2, 0) is 14.3 Å². The fourth-order valence-corrected chi connectivity index (χ4v) is 0.914. The van der Waals surface area contributed by atoms with E-state index in [2.05, 4.69) is 16.0 Å². The molecule has 0 aliphatic rings. The summed E-state index contributed by atoms with van der Waals surface area (Å²) in [6, 6.07) is 0. The number of hydrogen-bond donors (Lipinski definition) is 1. The molecule has 0 unspecified atom stereocenters. The molecule has 84 valence electrons. The van der Waals surface area contributed by atoms with Gasteiger partial charge in [0.05, 0.1) is 26.6 Å². The van der Waals surface area contributed by atoms with Crippen molar-refractivity contribution < 1.29 is 14.3 Å². The maximum atomic E-state index is 11.2. The summed E-state index contributed by atoms with van der Waals surface area (Å²) in [7, 11) is 3.08. The highest BCUT2D eigenvalue weighted by Crippen LogP contribution is 1.89. The zero-order valence-electron chi connectivity index (χ0n) is 9.08. The molecule has 0 saturated heterocycles. The number of terminal acetylenes is 1. The molecule has 0 fully saturated rings. The van der Waals surface area contributed by atoms with Crippen molar-refractivity contribution in [3.8, 4) is 12.3 Å². The highest BCUT2D eigenvalue weighted by atomic mass is 16.5. The summed E-state index contributed by atoms with van der Waals surface area (Å²) < 4.78 is 4.48. The quantitative estimate of drug-likeness (QED) is 0.464. The van der Waals surface area contributed by atoms with E-state index in [1.165, 1.54) is 7.11 Å². The van der Waals surface area contributed by atoms with Crippen molar-refractivity contribution in [1.82, 2.24) is 10.2 Å². The van der Waals surface area contributed by atoms with Gasteiger partial charge in [0.25, 0.3) is 0 Å². The Labute approximate surface area is 89.8 Å². The third-order valence-corrected chi connectivity index (χ3v) is 1.73. The fourth-order valence-electron chi connectivity index (χ4n) is 0.914. The lowest BCUT2D eigenvalue weighted by molar-refractivity contribution is -0.141. The van der Waals surface area contributed by atoms with Gasteiger partial charge < -0.3 is 10.1 Å². The predicted octanol–water partition coefficient (Wildman–Crippen LogP) is -0.769. The van der Waals surface area contributed by atoms with Crippen molar-refractivity contribution in [2.45, 2.75) is 6.42 Å². The normalized spacial score (nSPS) is 9.47. The summed E-state index contributed by atoms with van der Waals surface area (Å²) in [5.41, 5.74) is 0. The Balaban J connectivity index is 3.64. The molecule has 0 saturated carbocycles. The van der Waals surface area contributed by atoms with Crippen LogP contribution in [-0.4, -0.2) is 50.6 Å². The molecule has 0 aliphatic heterocycles. The predicted molar refractivity (Wildman–Crippen MR) is 56.0 cm³/mol. The molecule has 0 aliphatic carbocycles. The zero-order valence-corrected chi connectivity index (χ0v) is 9.08. The van der Waals surface area contributed by atoms with Crippen LogP contribution in [0.25, 0.3) is 0 Å². The van der Waals surface area contributed by atoms with Gasteiger partial charge in [-0.05, 0) is 7.05 Å². The Hall–Kier alpha value is -1.54. The van der Waals surface area contributed by atoms with Gasteiger partial charge >= 0.3 is 5.97 Å². The summed E-state index contributed by atoms with van der Waals surface area (Å²) >= 11 is 0. The molecule has 15 heavy (non-hydrogen) atoms. The maximum absolute atomic E-state index is 11.2. The van der Waals surface area contributed by atoms with Gasteiger partial charge in [-0.25, -0.2) is 0 Å². The summed E-state index contributed by atoms with van der Waals surface area (Å²) in [5, 5.41) is 2.53. The number of methoxy groups -OCH3 is 1. The molecule has 0 radical (unpaired) electrons. The van der Waals surface area contributed by atoms with Gasteiger partial charge in [-0.15, -0.1) is 6.42 Å². The molecule has 1 N–H and O–H groups in total. The van der Waals surface area contributed by atoms with E-state index in [4.69, 9.17) is 6.42 Å². The van der Waals surface area contributed by atoms with E-state index in [1.807, 2.05) is 0 Å². The molecule has 0 atom stereocenters. The number of likely N-dealkylation sites (N-methyl/N-ethyl adjacent to an activating group) is 1. The SMILES string of the molecule is C#CCNC(=O)CN(C)CCC(=O)OC. The van der Waals surface area contributed by atoms with E-state index in [1.54, 1.807) is 11.9 Å². The molecule has 0 aromatic rings. The van der Waals surface area contributed by atoms with E-state index in [0.717, 1.165) is 0 Å². The van der Waals surface area contributed by atoms with Crippen molar-refractivity contribution >= 4 is 11.9 Å². The minimum absolute atomic E-state index is 0.152. The van der Waals surface area contributed by atoms with Crippen LogP contribution in [0.1, 0.15) is 6.42 Å². The van der Waals surface area contributed by atoms with Crippen LogP contribution in [0.15, 0.2) is 0 Å². The molecular formula is C10H16N2O3. The zero-order chi connectivity index (χ0) is 11.7. The molecule has 0 aromatic heterocycles. The van der Waals surface area contributed by atoms with E-state index >= 15 is 0 Å². The Kier molecular flexibility index (Phi) is 7.02. The second-order valence-corrected chi connectivity index (χ2v) is 3.04. The van der Waals surface area contributed by atoms with Gasteiger partial charge in [-0.1, -0.05) is 5.92 Å².